The quantitative estimate of drug-likeness (QED) is 0.322. The maximum atomic E-state index is 13.5. The molecule has 33 heavy (non-hydrogen) atoms. The highest BCUT2D eigenvalue weighted by Gasteiger charge is 2.34. The lowest BCUT2D eigenvalue weighted by molar-refractivity contribution is -0.113. The lowest BCUT2D eigenvalue weighted by Gasteiger charge is -2.28. The maximum Gasteiger partial charge on any atom is 0.255 e. The van der Waals surface area contributed by atoms with Gasteiger partial charge in [-0.25, -0.2) is 4.68 Å². The van der Waals surface area contributed by atoms with Crippen LogP contribution in [0.1, 0.15) is 45.2 Å². The Morgan fingerprint density at radius 1 is 1.15 bits per heavy atom. The van der Waals surface area contributed by atoms with Gasteiger partial charge in [-0.15, -0.1) is 5.10 Å². The summed E-state index contributed by atoms with van der Waals surface area (Å²) >= 11 is 1.64. The van der Waals surface area contributed by atoms with E-state index >= 15 is 0 Å². The molecule has 2 N–H and O–H groups in total. The molecule has 1 aliphatic rings. The van der Waals surface area contributed by atoms with E-state index < -0.39 is 6.04 Å². The monoisotopic (exact) mass is 463 g/mol. The summed E-state index contributed by atoms with van der Waals surface area (Å²) in [6.45, 7) is 6.63. The lowest BCUT2D eigenvalue weighted by Crippen LogP contribution is -2.31. The molecule has 1 unspecified atom stereocenters. The van der Waals surface area contributed by atoms with Crippen LogP contribution in [0.2, 0.25) is 0 Å². The SMILES string of the molecule is CCCCSc1nc2n(n1)C(c1ccc(OCC)cc1)C(C(=O)Nc1ccccc1)=C(C)N2. The molecule has 0 fully saturated rings. The van der Waals surface area contributed by atoms with Crippen molar-refractivity contribution >= 4 is 29.3 Å². The summed E-state index contributed by atoms with van der Waals surface area (Å²) in [5.41, 5.74) is 3.04. The van der Waals surface area contributed by atoms with Crippen LogP contribution in [0.5, 0.6) is 5.75 Å². The van der Waals surface area contributed by atoms with Gasteiger partial charge in [-0.3, -0.25) is 4.79 Å². The van der Waals surface area contributed by atoms with E-state index in [2.05, 4.69) is 22.5 Å². The number of thioether (sulfide) groups is 1. The van der Waals surface area contributed by atoms with Crippen LogP contribution >= 0.6 is 11.8 Å². The van der Waals surface area contributed by atoms with Gasteiger partial charge in [0.15, 0.2) is 0 Å². The first-order valence-electron chi connectivity index (χ1n) is 11.3. The van der Waals surface area contributed by atoms with Crippen LogP contribution in [0.15, 0.2) is 71.0 Å². The molecule has 172 valence electrons. The van der Waals surface area contributed by atoms with Gasteiger partial charge in [-0.05, 0) is 50.1 Å². The van der Waals surface area contributed by atoms with Crippen LogP contribution < -0.4 is 15.4 Å². The van der Waals surface area contributed by atoms with Crippen LogP contribution in [0, 0.1) is 0 Å². The molecule has 0 aliphatic carbocycles. The highest BCUT2D eigenvalue weighted by molar-refractivity contribution is 7.99. The first-order chi connectivity index (χ1) is 16.1. The van der Waals surface area contributed by atoms with Crippen molar-refractivity contribution in [3.8, 4) is 5.75 Å². The molecule has 0 spiro atoms. The number of nitrogens with one attached hydrogen (secondary N) is 2. The number of amides is 1. The molecule has 0 saturated heterocycles. The molecule has 4 rings (SSSR count). The standard InChI is InChI=1S/C25H29N5O2S/c1-4-6-16-33-25-28-24-26-17(3)21(23(31)27-19-10-8-7-9-11-19)22(30(24)29-25)18-12-14-20(15-13-18)32-5-2/h7-15,22H,4-6,16H2,1-3H3,(H,27,31)(H,26,28,29). The number of fused-ring (bicyclic) bond motifs is 1. The fourth-order valence-corrected chi connectivity index (χ4v) is 4.65. The number of anilines is 2. The van der Waals surface area contributed by atoms with Gasteiger partial charge < -0.3 is 15.4 Å². The molecule has 1 atom stereocenters. The van der Waals surface area contributed by atoms with Crippen molar-refractivity contribution in [2.45, 2.75) is 44.8 Å². The third kappa shape index (κ3) is 5.22. The van der Waals surface area contributed by atoms with Crippen LogP contribution in [0.25, 0.3) is 0 Å². The summed E-state index contributed by atoms with van der Waals surface area (Å²) < 4.78 is 7.43. The van der Waals surface area contributed by atoms with Crippen molar-refractivity contribution in [3.05, 3.63) is 71.4 Å². The van der Waals surface area contributed by atoms with E-state index in [1.54, 1.807) is 11.8 Å². The van der Waals surface area contributed by atoms with Crippen LogP contribution in [0.4, 0.5) is 11.6 Å². The molecule has 7 nitrogen and oxygen atoms in total. The second kappa shape index (κ2) is 10.6. The highest BCUT2D eigenvalue weighted by atomic mass is 32.2. The molecule has 3 aromatic rings. The summed E-state index contributed by atoms with van der Waals surface area (Å²) in [6.07, 6.45) is 2.23. The average molecular weight is 464 g/mol. The third-order valence-corrected chi connectivity index (χ3v) is 6.27. The lowest BCUT2D eigenvalue weighted by atomic mass is 9.95. The summed E-state index contributed by atoms with van der Waals surface area (Å²) in [4.78, 5) is 18.1. The number of carbonyl (C=O) groups is 1. The number of nitrogens with zero attached hydrogens (tertiary/aromatic N) is 3. The van der Waals surface area contributed by atoms with Gasteiger partial charge >= 0.3 is 0 Å². The van der Waals surface area contributed by atoms with Crippen LogP contribution in [-0.2, 0) is 4.79 Å². The van der Waals surface area contributed by atoms with E-state index in [4.69, 9.17) is 9.84 Å². The van der Waals surface area contributed by atoms with Crippen molar-refractivity contribution in [1.29, 1.82) is 0 Å². The number of unbranched alkanes of at least 4 members (excludes halogenated alkanes) is 1. The molecule has 8 heteroatoms. The van der Waals surface area contributed by atoms with Gasteiger partial charge in [0.1, 0.15) is 11.8 Å². The van der Waals surface area contributed by atoms with E-state index in [0.717, 1.165) is 41.3 Å². The number of benzene rings is 2. The van der Waals surface area contributed by atoms with Gasteiger partial charge in [0.25, 0.3) is 5.91 Å². The Labute approximate surface area is 198 Å². The zero-order valence-corrected chi connectivity index (χ0v) is 20.0. The Balaban J connectivity index is 1.71. The molecule has 2 aromatic carbocycles. The summed E-state index contributed by atoms with van der Waals surface area (Å²) in [7, 11) is 0. The second-order valence-electron chi connectivity index (χ2n) is 7.75. The Morgan fingerprint density at radius 3 is 2.61 bits per heavy atom. The summed E-state index contributed by atoms with van der Waals surface area (Å²) in [6, 6.07) is 16.9. The van der Waals surface area contributed by atoms with Crippen molar-refractivity contribution < 1.29 is 9.53 Å². The van der Waals surface area contributed by atoms with E-state index in [1.807, 2.05) is 73.1 Å². The van der Waals surface area contributed by atoms with E-state index in [0.29, 0.717) is 23.3 Å². The molecule has 1 aromatic heterocycles. The number of hydrogen-bond donors (Lipinski definition) is 2. The molecule has 1 aliphatic heterocycles. The van der Waals surface area contributed by atoms with Crippen molar-refractivity contribution in [1.82, 2.24) is 14.8 Å². The van der Waals surface area contributed by atoms with Crippen LogP contribution in [0.3, 0.4) is 0 Å². The minimum atomic E-state index is -0.409. The van der Waals surface area contributed by atoms with Crippen molar-refractivity contribution in [2.75, 3.05) is 23.0 Å². The zero-order chi connectivity index (χ0) is 23.2. The molecular weight excluding hydrogens is 434 g/mol. The topological polar surface area (TPSA) is 81.1 Å². The van der Waals surface area contributed by atoms with Gasteiger partial charge in [0.05, 0.1) is 12.2 Å². The Hall–Kier alpha value is -3.26. The predicted molar refractivity (Wildman–Crippen MR) is 133 cm³/mol. The first-order valence-corrected chi connectivity index (χ1v) is 12.3. The maximum absolute atomic E-state index is 13.5. The predicted octanol–water partition coefficient (Wildman–Crippen LogP) is 5.50. The fraction of sp³-hybridized carbons (Fsp3) is 0.320. The van der Waals surface area contributed by atoms with Crippen molar-refractivity contribution in [2.24, 2.45) is 0 Å². The minimum Gasteiger partial charge on any atom is -0.494 e. The fourth-order valence-electron chi connectivity index (χ4n) is 3.74. The smallest absolute Gasteiger partial charge is 0.255 e. The molecule has 1 amide bonds. The number of carbonyl (C=O) groups excluding carboxylic acids is 1. The minimum absolute atomic E-state index is 0.175. The number of allylic oxidation sites excluding steroid dienone is 1. The zero-order valence-electron chi connectivity index (χ0n) is 19.2. The van der Waals surface area contributed by atoms with Gasteiger partial charge in [-0.1, -0.05) is 55.4 Å². The van der Waals surface area contributed by atoms with E-state index in [1.165, 1.54) is 0 Å². The molecule has 2 heterocycles. The van der Waals surface area contributed by atoms with E-state index in [9.17, 15) is 4.79 Å². The van der Waals surface area contributed by atoms with Gasteiger partial charge in [0, 0.05) is 17.1 Å². The number of aromatic nitrogens is 3. The number of para-hydroxylation sites is 1. The summed E-state index contributed by atoms with van der Waals surface area (Å²) in [5.74, 6) is 2.22. The molecule has 0 bridgehead atoms. The number of ether oxygens (including phenoxy) is 1. The van der Waals surface area contributed by atoms with E-state index in [-0.39, 0.29) is 5.91 Å². The van der Waals surface area contributed by atoms with Crippen molar-refractivity contribution in [3.63, 3.8) is 0 Å². The first kappa shape index (κ1) is 22.9. The number of hydrogen-bond acceptors (Lipinski definition) is 6. The molecule has 0 saturated carbocycles. The Kier molecular flexibility index (Phi) is 7.34. The summed E-state index contributed by atoms with van der Waals surface area (Å²) in [5, 5.41) is 11.8. The normalized spacial score (nSPS) is 15.1. The Morgan fingerprint density at radius 2 is 1.91 bits per heavy atom. The van der Waals surface area contributed by atoms with Crippen LogP contribution in [-0.4, -0.2) is 33.0 Å². The van der Waals surface area contributed by atoms with Gasteiger partial charge in [-0.2, -0.15) is 4.98 Å². The van der Waals surface area contributed by atoms with Gasteiger partial charge in [0.2, 0.25) is 11.1 Å². The second-order valence-corrected chi connectivity index (χ2v) is 8.82. The number of rotatable bonds is 9. The molecular formula is C25H29N5O2S. The third-order valence-electron chi connectivity index (χ3n) is 5.35. The average Bonchev–Trinajstić information content (AvgIpc) is 3.22. The largest absolute Gasteiger partial charge is 0.494 e. The molecule has 0 radical (unpaired) electrons. The Bertz CT molecular complexity index is 1130. The highest BCUT2D eigenvalue weighted by Crippen LogP contribution is 2.37.